The van der Waals surface area contributed by atoms with Gasteiger partial charge in [-0.25, -0.2) is 0 Å². The van der Waals surface area contributed by atoms with Crippen molar-refractivity contribution in [3.8, 4) is 0 Å². The summed E-state index contributed by atoms with van der Waals surface area (Å²) < 4.78 is 1.09. The lowest BCUT2D eigenvalue weighted by atomic mass is 10.1. The fourth-order valence-corrected chi connectivity index (χ4v) is 2.10. The van der Waals surface area contributed by atoms with Crippen LogP contribution in [0.5, 0.6) is 0 Å². The van der Waals surface area contributed by atoms with Crippen molar-refractivity contribution < 1.29 is 9.90 Å². The third-order valence-electron chi connectivity index (χ3n) is 2.13. The Bertz CT molecular complexity index is 339. The van der Waals surface area contributed by atoms with Crippen LogP contribution in [0, 0.1) is 0 Å². The summed E-state index contributed by atoms with van der Waals surface area (Å²) in [5.74, 6) is -0.790. The summed E-state index contributed by atoms with van der Waals surface area (Å²) in [6.45, 7) is 0. The van der Waals surface area contributed by atoms with E-state index < -0.39 is 10.8 Å². The van der Waals surface area contributed by atoms with Gasteiger partial charge in [-0.2, -0.15) is 0 Å². The lowest BCUT2D eigenvalue weighted by Crippen LogP contribution is -2.12. The van der Waals surface area contributed by atoms with Crippen LogP contribution in [0.4, 0.5) is 0 Å². The molecule has 0 aliphatic carbocycles. The maximum absolute atomic E-state index is 10.6. The number of carbonyl (C=O) groups is 1. The number of halogens is 2. The quantitative estimate of drug-likeness (QED) is 0.834. The van der Waals surface area contributed by atoms with Gasteiger partial charge in [-0.3, -0.25) is 4.79 Å². The topological polar surface area (TPSA) is 37.3 Å². The molecule has 0 aliphatic rings. The van der Waals surface area contributed by atoms with Gasteiger partial charge in [0, 0.05) is 4.47 Å². The Balaban J connectivity index is 2.38. The predicted molar refractivity (Wildman–Crippen MR) is 67.4 cm³/mol. The number of hydrogen-bond acceptors (Lipinski definition) is 1. The van der Waals surface area contributed by atoms with Gasteiger partial charge in [0.1, 0.15) is 4.83 Å². The Kier molecular flexibility index (Phi) is 5.32. The minimum absolute atomic E-state index is 0.431. The molecule has 1 aromatic rings. The molecule has 1 aromatic carbocycles. The predicted octanol–water partition coefficient (Wildman–Crippen LogP) is 3.62. The molecule has 0 fully saturated rings. The van der Waals surface area contributed by atoms with Gasteiger partial charge in [-0.1, -0.05) is 50.1 Å². The van der Waals surface area contributed by atoms with Crippen molar-refractivity contribution in [1.29, 1.82) is 0 Å². The molecule has 0 saturated heterocycles. The molecule has 2 nitrogen and oxygen atoms in total. The van der Waals surface area contributed by atoms with Crippen LogP contribution in [-0.4, -0.2) is 15.9 Å². The molecule has 0 bridgehead atoms. The number of alkyl halides is 1. The zero-order chi connectivity index (χ0) is 11.3. The molecule has 1 unspecified atom stereocenters. The van der Waals surface area contributed by atoms with Crippen molar-refractivity contribution in [3.63, 3.8) is 0 Å². The number of aliphatic carboxylic acids is 1. The number of carboxylic acids is 1. The molecule has 1 rings (SSSR count). The average Bonchev–Trinajstić information content (AvgIpc) is 2.20. The maximum atomic E-state index is 10.6. The molecule has 0 saturated carbocycles. The summed E-state index contributed by atoms with van der Waals surface area (Å²) in [5.41, 5.74) is 1.22. The van der Waals surface area contributed by atoms with E-state index >= 15 is 0 Å². The van der Waals surface area contributed by atoms with E-state index in [0.29, 0.717) is 6.42 Å². The fourth-order valence-electron chi connectivity index (χ4n) is 1.30. The highest BCUT2D eigenvalue weighted by atomic mass is 79.9. The third kappa shape index (κ3) is 4.34. The van der Waals surface area contributed by atoms with Gasteiger partial charge in [0.25, 0.3) is 0 Å². The highest BCUT2D eigenvalue weighted by Gasteiger charge is 2.12. The Morgan fingerprint density at radius 3 is 2.67 bits per heavy atom. The van der Waals surface area contributed by atoms with Gasteiger partial charge in [-0.05, 0) is 30.9 Å². The van der Waals surface area contributed by atoms with Crippen LogP contribution in [-0.2, 0) is 11.2 Å². The van der Waals surface area contributed by atoms with Crippen LogP contribution < -0.4 is 0 Å². The average molecular weight is 336 g/mol. The highest BCUT2D eigenvalue weighted by molar-refractivity contribution is 9.10. The Morgan fingerprint density at radius 1 is 1.40 bits per heavy atom. The van der Waals surface area contributed by atoms with Crippen molar-refractivity contribution in [1.82, 2.24) is 0 Å². The monoisotopic (exact) mass is 334 g/mol. The van der Waals surface area contributed by atoms with E-state index in [0.717, 1.165) is 17.3 Å². The minimum atomic E-state index is -0.790. The Labute approximate surface area is 106 Å². The lowest BCUT2D eigenvalue weighted by Gasteiger charge is -2.05. The first kappa shape index (κ1) is 12.7. The van der Waals surface area contributed by atoms with Crippen molar-refractivity contribution in [3.05, 3.63) is 34.3 Å². The maximum Gasteiger partial charge on any atom is 0.317 e. The van der Waals surface area contributed by atoms with Crippen LogP contribution in [0.15, 0.2) is 28.7 Å². The van der Waals surface area contributed by atoms with Gasteiger partial charge in [0.2, 0.25) is 0 Å². The van der Waals surface area contributed by atoms with Gasteiger partial charge >= 0.3 is 5.97 Å². The van der Waals surface area contributed by atoms with Crippen LogP contribution >= 0.6 is 31.9 Å². The summed E-state index contributed by atoms with van der Waals surface area (Å²) in [4.78, 5) is 10.1. The van der Waals surface area contributed by atoms with Crippen molar-refractivity contribution in [2.75, 3.05) is 0 Å². The minimum Gasteiger partial charge on any atom is -0.480 e. The van der Waals surface area contributed by atoms with Crippen LogP contribution in [0.2, 0.25) is 0 Å². The first-order valence-electron chi connectivity index (χ1n) is 4.71. The fraction of sp³-hybridized carbons (Fsp3) is 0.364. The summed E-state index contributed by atoms with van der Waals surface area (Å²) in [5, 5.41) is 8.68. The van der Waals surface area contributed by atoms with Crippen LogP contribution in [0.3, 0.4) is 0 Å². The highest BCUT2D eigenvalue weighted by Crippen LogP contribution is 2.19. The first-order valence-corrected chi connectivity index (χ1v) is 6.42. The SMILES string of the molecule is O=C(O)C(Br)CCCc1ccccc1Br. The molecule has 0 aliphatic heterocycles. The van der Waals surface area contributed by atoms with Crippen molar-refractivity contribution in [2.45, 2.75) is 24.1 Å². The van der Waals surface area contributed by atoms with Gasteiger partial charge in [0.05, 0.1) is 0 Å². The van der Waals surface area contributed by atoms with E-state index in [2.05, 4.69) is 31.9 Å². The molecule has 0 aromatic heterocycles. The third-order valence-corrected chi connectivity index (χ3v) is 3.75. The largest absolute Gasteiger partial charge is 0.480 e. The number of rotatable bonds is 5. The number of benzene rings is 1. The first-order chi connectivity index (χ1) is 7.11. The van der Waals surface area contributed by atoms with Gasteiger partial charge in [0.15, 0.2) is 0 Å². The zero-order valence-corrected chi connectivity index (χ0v) is 11.3. The number of carboxylic acid groups (broad SMARTS) is 1. The molecule has 0 radical (unpaired) electrons. The second-order valence-corrected chi connectivity index (χ2v) is 5.25. The summed E-state index contributed by atoms with van der Waals surface area (Å²) >= 11 is 6.59. The molecule has 82 valence electrons. The van der Waals surface area contributed by atoms with E-state index in [1.54, 1.807) is 0 Å². The number of hydrogen-bond donors (Lipinski definition) is 1. The van der Waals surface area contributed by atoms with E-state index in [1.165, 1.54) is 5.56 Å². The van der Waals surface area contributed by atoms with Crippen molar-refractivity contribution >= 4 is 37.8 Å². The van der Waals surface area contributed by atoms with Gasteiger partial charge in [-0.15, -0.1) is 0 Å². The molecule has 4 heteroatoms. The molecular formula is C11H12Br2O2. The van der Waals surface area contributed by atoms with E-state index in [1.807, 2.05) is 24.3 Å². The van der Waals surface area contributed by atoms with E-state index in [9.17, 15) is 4.79 Å². The molecule has 1 atom stereocenters. The summed E-state index contributed by atoms with van der Waals surface area (Å²) in [7, 11) is 0. The van der Waals surface area contributed by atoms with Crippen LogP contribution in [0.25, 0.3) is 0 Å². The molecular weight excluding hydrogens is 324 g/mol. The second-order valence-electron chi connectivity index (χ2n) is 3.29. The van der Waals surface area contributed by atoms with E-state index in [-0.39, 0.29) is 0 Å². The summed E-state index contributed by atoms with van der Waals surface area (Å²) in [6.07, 6.45) is 2.41. The summed E-state index contributed by atoms with van der Waals surface area (Å²) in [6, 6.07) is 8.01. The lowest BCUT2D eigenvalue weighted by molar-refractivity contribution is -0.136. The molecule has 15 heavy (non-hydrogen) atoms. The molecule has 1 N–H and O–H groups in total. The molecule has 0 heterocycles. The molecule has 0 amide bonds. The second kappa shape index (κ2) is 6.28. The van der Waals surface area contributed by atoms with Crippen LogP contribution in [0.1, 0.15) is 18.4 Å². The Morgan fingerprint density at radius 2 is 2.07 bits per heavy atom. The van der Waals surface area contributed by atoms with Gasteiger partial charge < -0.3 is 5.11 Å². The van der Waals surface area contributed by atoms with Crippen molar-refractivity contribution in [2.24, 2.45) is 0 Å². The zero-order valence-electron chi connectivity index (χ0n) is 8.12. The van der Waals surface area contributed by atoms with E-state index in [4.69, 9.17) is 5.11 Å². The standard InChI is InChI=1S/C11H12Br2O2/c12-9-6-2-1-4-8(9)5-3-7-10(13)11(14)15/h1-2,4,6,10H,3,5,7H2,(H,14,15). The molecule has 0 spiro atoms. The Hall–Kier alpha value is -0.350. The number of aryl methyl sites for hydroxylation is 1. The smallest absolute Gasteiger partial charge is 0.317 e. The normalized spacial score (nSPS) is 12.4.